The van der Waals surface area contributed by atoms with E-state index in [0.29, 0.717) is 32.7 Å². The molecule has 1 aliphatic rings. The second-order valence-electron chi connectivity index (χ2n) is 4.53. The summed E-state index contributed by atoms with van der Waals surface area (Å²) in [6.07, 6.45) is 0.523. The summed E-state index contributed by atoms with van der Waals surface area (Å²) in [5, 5.41) is 0. The highest BCUT2D eigenvalue weighted by Gasteiger charge is 2.21. The molecule has 0 saturated heterocycles. The average molecular weight is 277 g/mol. The zero-order valence-electron chi connectivity index (χ0n) is 11.6. The van der Waals surface area contributed by atoms with Gasteiger partial charge in [0.15, 0.2) is 5.78 Å². The van der Waals surface area contributed by atoms with Crippen LogP contribution in [0, 0.1) is 0 Å². The first-order valence-electron chi connectivity index (χ1n) is 6.83. The third-order valence-electron chi connectivity index (χ3n) is 3.18. The lowest BCUT2D eigenvalue weighted by atomic mass is 10.0. The van der Waals surface area contributed by atoms with Gasteiger partial charge in [-0.05, 0) is 19.1 Å². The maximum Gasteiger partial charge on any atom is 0.332 e. The number of para-hydroxylation sites is 1. The van der Waals surface area contributed by atoms with E-state index in [4.69, 9.17) is 9.47 Å². The number of rotatable bonds is 6. The van der Waals surface area contributed by atoms with E-state index >= 15 is 0 Å². The van der Waals surface area contributed by atoms with Crippen LogP contribution >= 0.6 is 0 Å². The van der Waals surface area contributed by atoms with Gasteiger partial charge in [-0.2, -0.15) is 0 Å². The summed E-state index contributed by atoms with van der Waals surface area (Å²) in [7, 11) is 0. The van der Waals surface area contributed by atoms with Gasteiger partial charge in [0.05, 0.1) is 13.2 Å². The number of ketones is 1. The number of ether oxygens (including phenoxy) is 2. The molecule has 5 nitrogen and oxygen atoms in total. The fourth-order valence-corrected chi connectivity index (χ4v) is 2.24. The minimum absolute atomic E-state index is 0.0255. The summed E-state index contributed by atoms with van der Waals surface area (Å²) in [6.45, 7) is 3.88. The Morgan fingerprint density at radius 2 is 2.15 bits per heavy atom. The first-order valence-corrected chi connectivity index (χ1v) is 6.83. The molecule has 1 aromatic carbocycles. The minimum atomic E-state index is -0.346. The van der Waals surface area contributed by atoms with Gasteiger partial charge in [-0.1, -0.05) is 12.1 Å². The first kappa shape index (κ1) is 14.5. The van der Waals surface area contributed by atoms with Crippen LogP contribution in [0.15, 0.2) is 24.3 Å². The highest BCUT2D eigenvalue weighted by atomic mass is 16.6. The number of esters is 1. The number of hydrogen-bond acceptors (Lipinski definition) is 5. The van der Waals surface area contributed by atoms with Gasteiger partial charge in [-0.15, -0.1) is 0 Å². The molecule has 0 amide bonds. The molecule has 0 spiro atoms. The van der Waals surface area contributed by atoms with Gasteiger partial charge < -0.3 is 14.4 Å². The summed E-state index contributed by atoms with van der Waals surface area (Å²) in [6, 6.07) is 7.59. The van der Waals surface area contributed by atoms with Gasteiger partial charge in [-0.25, -0.2) is 4.79 Å². The van der Waals surface area contributed by atoms with Crippen molar-refractivity contribution in [3.05, 3.63) is 29.8 Å². The second-order valence-corrected chi connectivity index (χ2v) is 4.53. The number of fused-ring (bicyclic) bond motifs is 1. The molecule has 0 fully saturated rings. The van der Waals surface area contributed by atoms with E-state index in [2.05, 4.69) is 4.90 Å². The topological polar surface area (TPSA) is 55.8 Å². The van der Waals surface area contributed by atoms with Crippen LogP contribution in [0.5, 0.6) is 0 Å². The molecule has 0 aromatic heterocycles. The number of benzene rings is 1. The normalized spacial score (nSPS) is 14.1. The Kier molecular flexibility index (Phi) is 5.12. The van der Waals surface area contributed by atoms with E-state index < -0.39 is 0 Å². The van der Waals surface area contributed by atoms with E-state index in [-0.39, 0.29) is 18.4 Å². The Hall–Kier alpha value is -1.88. The first-order chi connectivity index (χ1) is 9.72. The number of carbonyl (C=O) groups is 2. The molecular formula is C15H19NO4. The molecule has 0 unspecified atom stereocenters. The molecule has 5 heteroatoms. The van der Waals surface area contributed by atoms with Crippen molar-refractivity contribution in [3.8, 4) is 0 Å². The van der Waals surface area contributed by atoms with Crippen LogP contribution in [-0.2, 0) is 14.3 Å². The van der Waals surface area contributed by atoms with Crippen molar-refractivity contribution < 1.29 is 19.1 Å². The quantitative estimate of drug-likeness (QED) is 0.584. The fourth-order valence-electron chi connectivity index (χ4n) is 2.24. The molecule has 2 rings (SSSR count). The van der Waals surface area contributed by atoms with Crippen LogP contribution in [0.4, 0.5) is 5.69 Å². The number of carbonyl (C=O) groups excluding carboxylic acids is 2. The average Bonchev–Trinajstić information content (AvgIpc) is 2.46. The molecular weight excluding hydrogens is 258 g/mol. The van der Waals surface area contributed by atoms with Gasteiger partial charge in [0.25, 0.3) is 0 Å². The van der Waals surface area contributed by atoms with E-state index in [0.717, 1.165) is 11.3 Å². The summed E-state index contributed by atoms with van der Waals surface area (Å²) in [5.74, 6) is -0.161. The molecule has 20 heavy (non-hydrogen) atoms. The summed E-state index contributed by atoms with van der Waals surface area (Å²) in [5.41, 5.74) is 1.72. The van der Waals surface area contributed by atoms with Crippen molar-refractivity contribution in [1.29, 1.82) is 0 Å². The Labute approximate surface area is 118 Å². The number of anilines is 1. The highest BCUT2D eigenvalue weighted by molar-refractivity contribution is 6.03. The summed E-state index contributed by atoms with van der Waals surface area (Å²) < 4.78 is 10.1. The standard InChI is InChI=1S/C15H19NO4/c1-2-20-15(18)11-19-10-9-16-8-7-14(17)12-5-3-4-6-13(12)16/h3-6H,2,7-11H2,1H3. The van der Waals surface area contributed by atoms with Crippen LogP contribution in [0.1, 0.15) is 23.7 Å². The van der Waals surface area contributed by atoms with Crippen molar-refractivity contribution in [3.63, 3.8) is 0 Å². The summed E-state index contributed by atoms with van der Waals surface area (Å²) in [4.78, 5) is 25.0. The smallest absolute Gasteiger partial charge is 0.332 e. The van der Waals surface area contributed by atoms with Crippen LogP contribution in [-0.4, -0.2) is 44.7 Å². The molecule has 1 aliphatic heterocycles. The predicted molar refractivity (Wildman–Crippen MR) is 75.1 cm³/mol. The van der Waals surface area contributed by atoms with Gasteiger partial charge >= 0.3 is 5.97 Å². The Bertz CT molecular complexity index is 487. The maximum atomic E-state index is 11.8. The molecule has 0 bridgehead atoms. The van der Waals surface area contributed by atoms with Crippen molar-refractivity contribution in [2.75, 3.05) is 37.8 Å². The van der Waals surface area contributed by atoms with Crippen molar-refractivity contribution >= 4 is 17.4 Å². The number of Topliss-reactive ketones (excluding diaryl/α,β-unsaturated/α-hetero) is 1. The molecule has 0 aliphatic carbocycles. The Morgan fingerprint density at radius 1 is 1.35 bits per heavy atom. The largest absolute Gasteiger partial charge is 0.464 e. The Morgan fingerprint density at radius 3 is 2.95 bits per heavy atom. The monoisotopic (exact) mass is 277 g/mol. The van der Waals surface area contributed by atoms with E-state index in [1.807, 2.05) is 24.3 Å². The molecule has 0 radical (unpaired) electrons. The van der Waals surface area contributed by atoms with Gasteiger partial charge in [0.1, 0.15) is 6.61 Å². The minimum Gasteiger partial charge on any atom is -0.464 e. The van der Waals surface area contributed by atoms with Crippen LogP contribution in [0.3, 0.4) is 0 Å². The summed E-state index contributed by atoms with van der Waals surface area (Å²) >= 11 is 0. The lowest BCUT2D eigenvalue weighted by Crippen LogP contribution is -2.35. The maximum absolute atomic E-state index is 11.8. The molecule has 0 saturated carbocycles. The van der Waals surface area contributed by atoms with Crippen molar-refractivity contribution in [1.82, 2.24) is 0 Å². The van der Waals surface area contributed by atoms with Crippen LogP contribution in [0.2, 0.25) is 0 Å². The lowest BCUT2D eigenvalue weighted by molar-refractivity contribution is -0.148. The van der Waals surface area contributed by atoms with Crippen LogP contribution < -0.4 is 4.90 Å². The van der Waals surface area contributed by atoms with Gasteiger partial charge in [-0.3, -0.25) is 4.79 Å². The van der Waals surface area contributed by atoms with Gasteiger partial charge in [0.2, 0.25) is 0 Å². The SMILES string of the molecule is CCOC(=O)COCCN1CCC(=O)c2ccccc21. The van der Waals surface area contributed by atoms with Crippen LogP contribution in [0.25, 0.3) is 0 Å². The lowest BCUT2D eigenvalue weighted by Gasteiger charge is -2.30. The molecule has 108 valence electrons. The third kappa shape index (κ3) is 3.57. The number of hydrogen-bond donors (Lipinski definition) is 0. The van der Waals surface area contributed by atoms with Crippen molar-refractivity contribution in [2.24, 2.45) is 0 Å². The van der Waals surface area contributed by atoms with E-state index in [1.54, 1.807) is 6.92 Å². The number of nitrogens with zero attached hydrogens (tertiary/aromatic N) is 1. The second kappa shape index (κ2) is 7.05. The predicted octanol–water partition coefficient (Wildman–Crippen LogP) is 1.66. The molecule has 1 aromatic rings. The van der Waals surface area contributed by atoms with E-state index in [9.17, 15) is 9.59 Å². The fraction of sp³-hybridized carbons (Fsp3) is 0.467. The Balaban J connectivity index is 1.84. The zero-order chi connectivity index (χ0) is 14.4. The van der Waals surface area contributed by atoms with E-state index in [1.165, 1.54) is 0 Å². The van der Waals surface area contributed by atoms with Crippen molar-refractivity contribution in [2.45, 2.75) is 13.3 Å². The zero-order valence-corrected chi connectivity index (χ0v) is 11.6. The van der Waals surface area contributed by atoms with Gasteiger partial charge in [0, 0.05) is 30.8 Å². The molecule has 1 heterocycles. The molecule has 0 atom stereocenters. The molecule has 0 N–H and O–H groups in total. The third-order valence-corrected chi connectivity index (χ3v) is 3.18. The highest BCUT2D eigenvalue weighted by Crippen LogP contribution is 2.26.